The molecule has 2 amide bonds. The summed E-state index contributed by atoms with van der Waals surface area (Å²) in [6, 6.07) is 2.83. The minimum absolute atomic E-state index is 0.0289. The Morgan fingerprint density at radius 1 is 1.00 bits per heavy atom. The van der Waals surface area contributed by atoms with Crippen LogP contribution in [0, 0.1) is 0 Å². The van der Waals surface area contributed by atoms with E-state index in [-0.39, 0.29) is 36.2 Å². The van der Waals surface area contributed by atoms with Gasteiger partial charge in [-0.15, -0.1) is 0 Å². The molecule has 13 heteroatoms. The number of rotatable bonds is 7. The third-order valence-corrected chi connectivity index (χ3v) is 6.17. The Hall–Kier alpha value is -3.64. The number of carbonyl (C=O) groups excluding carboxylic acids is 2. The van der Waals surface area contributed by atoms with Crippen molar-refractivity contribution in [1.29, 1.82) is 0 Å². The van der Waals surface area contributed by atoms with E-state index in [1.54, 1.807) is 13.8 Å². The summed E-state index contributed by atoms with van der Waals surface area (Å²) in [5, 5.41) is 0. The van der Waals surface area contributed by atoms with Gasteiger partial charge in [0.05, 0.1) is 43.7 Å². The zero-order valence-electron chi connectivity index (χ0n) is 20.9. The number of anilines is 1. The number of ether oxygens (including phenoxy) is 3. The lowest BCUT2D eigenvalue weighted by molar-refractivity contribution is -0.143. The highest BCUT2D eigenvalue weighted by atomic mass is 19.4. The summed E-state index contributed by atoms with van der Waals surface area (Å²) in [4.78, 5) is 27.4. The van der Waals surface area contributed by atoms with Crippen molar-refractivity contribution in [1.82, 2.24) is 4.90 Å². The quantitative estimate of drug-likeness (QED) is 0.305. The zero-order chi connectivity index (χ0) is 28.4. The van der Waals surface area contributed by atoms with E-state index in [9.17, 15) is 35.9 Å². The normalized spacial score (nSPS) is 17.5. The van der Waals surface area contributed by atoms with E-state index in [0.717, 1.165) is 4.90 Å². The van der Waals surface area contributed by atoms with E-state index >= 15 is 0 Å². The average molecular weight is 548 g/mol. The Morgan fingerprint density at radius 3 is 2.03 bits per heavy atom. The van der Waals surface area contributed by atoms with E-state index in [1.807, 2.05) is 0 Å². The number of amides is 2. The number of alkyl halides is 6. The minimum Gasteiger partial charge on any atom is -0.493 e. The molecule has 1 aliphatic heterocycles. The third-order valence-electron chi connectivity index (χ3n) is 6.17. The van der Waals surface area contributed by atoms with Gasteiger partial charge in [0.15, 0.2) is 11.5 Å². The Labute approximate surface area is 214 Å². The molecule has 0 radical (unpaired) electrons. The van der Waals surface area contributed by atoms with E-state index in [2.05, 4.69) is 0 Å². The Kier molecular flexibility index (Phi) is 8.37. The second-order valence-corrected chi connectivity index (χ2v) is 8.63. The van der Waals surface area contributed by atoms with Gasteiger partial charge in [0.1, 0.15) is 0 Å². The molecule has 208 valence electrons. The van der Waals surface area contributed by atoms with Crippen molar-refractivity contribution in [3.8, 4) is 11.5 Å². The van der Waals surface area contributed by atoms with Crippen molar-refractivity contribution in [3.05, 3.63) is 52.6 Å². The molecule has 0 aromatic heterocycles. The van der Waals surface area contributed by atoms with Crippen molar-refractivity contribution in [2.75, 3.05) is 25.7 Å². The molecule has 0 fully saturated rings. The van der Waals surface area contributed by atoms with Gasteiger partial charge in [-0.3, -0.25) is 9.69 Å². The molecule has 38 heavy (non-hydrogen) atoms. The predicted octanol–water partition coefficient (Wildman–Crippen LogP) is 6.20. The second kappa shape index (κ2) is 11.0. The predicted molar refractivity (Wildman–Crippen MR) is 124 cm³/mol. The lowest BCUT2D eigenvalue weighted by Crippen LogP contribution is -2.46. The summed E-state index contributed by atoms with van der Waals surface area (Å²) in [5.74, 6) is 0.512. The van der Waals surface area contributed by atoms with Crippen LogP contribution in [0.4, 0.5) is 36.8 Å². The highest BCUT2D eigenvalue weighted by molar-refractivity contribution is 5.91. The maximum atomic E-state index is 13.4. The standard InChI is InChI=1S/C25H26F6N2O5/c1-5-38-23(35)33-14(2)6-19(18-10-21(36-3)22(37-4)11-20(18)33)32(13-34)12-15-7-16(24(26,27)28)9-17(8-15)25(29,30)31/h7-11,13-14,19H,5-6,12H2,1-4H3. The maximum absolute atomic E-state index is 13.4. The molecule has 0 spiro atoms. The molecule has 0 bridgehead atoms. The minimum atomic E-state index is -5.03. The molecule has 0 aliphatic carbocycles. The number of methoxy groups -OCH3 is 2. The van der Waals surface area contributed by atoms with Crippen LogP contribution in [0.5, 0.6) is 11.5 Å². The van der Waals surface area contributed by atoms with Gasteiger partial charge >= 0.3 is 18.4 Å². The Morgan fingerprint density at radius 2 is 1.55 bits per heavy atom. The summed E-state index contributed by atoms with van der Waals surface area (Å²) in [6.07, 6.45) is -10.3. The highest BCUT2D eigenvalue weighted by Crippen LogP contribution is 2.46. The van der Waals surface area contributed by atoms with Gasteiger partial charge in [0.2, 0.25) is 6.41 Å². The molecule has 2 aromatic carbocycles. The monoisotopic (exact) mass is 548 g/mol. The van der Waals surface area contributed by atoms with Crippen LogP contribution in [0.1, 0.15) is 48.6 Å². The van der Waals surface area contributed by atoms with Crippen molar-refractivity contribution >= 4 is 18.2 Å². The number of hydrogen-bond donors (Lipinski definition) is 0. The first kappa shape index (κ1) is 28.9. The zero-order valence-corrected chi connectivity index (χ0v) is 20.9. The first-order chi connectivity index (χ1) is 17.7. The third kappa shape index (κ3) is 5.91. The number of carbonyl (C=O) groups is 2. The SMILES string of the molecule is CCOC(=O)N1c2cc(OC)c(OC)cc2C(N(C=O)Cc2cc(C(F)(F)F)cc(C(F)(F)F)c2)CC1C. The summed E-state index contributed by atoms with van der Waals surface area (Å²) >= 11 is 0. The van der Waals surface area contributed by atoms with E-state index < -0.39 is 48.2 Å². The van der Waals surface area contributed by atoms with Crippen LogP contribution in [0.2, 0.25) is 0 Å². The molecule has 2 unspecified atom stereocenters. The lowest BCUT2D eigenvalue weighted by Gasteiger charge is -2.42. The summed E-state index contributed by atoms with van der Waals surface area (Å²) < 4.78 is 96.1. The second-order valence-electron chi connectivity index (χ2n) is 8.63. The summed E-state index contributed by atoms with van der Waals surface area (Å²) in [7, 11) is 2.75. The fourth-order valence-electron chi connectivity index (χ4n) is 4.48. The van der Waals surface area contributed by atoms with Crippen LogP contribution in [-0.2, 0) is 28.4 Å². The molecule has 2 atom stereocenters. The molecule has 0 N–H and O–H groups in total. The van der Waals surface area contributed by atoms with Crippen LogP contribution in [0.25, 0.3) is 0 Å². The maximum Gasteiger partial charge on any atom is 0.416 e. The topological polar surface area (TPSA) is 68.3 Å². The molecule has 1 heterocycles. The number of fused-ring (bicyclic) bond motifs is 1. The Balaban J connectivity index is 2.12. The van der Waals surface area contributed by atoms with Gasteiger partial charge in [-0.05, 0) is 50.1 Å². The summed E-state index contributed by atoms with van der Waals surface area (Å²) in [5.41, 5.74) is -2.64. The van der Waals surface area contributed by atoms with Crippen LogP contribution in [0.15, 0.2) is 30.3 Å². The van der Waals surface area contributed by atoms with Crippen molar-refractivity contribution in [2.45, 2.75) is 51.2 Å². The van der Waals surface area contributed by atoms with Crippen molar-refractivity contribution in [3.63, 3.8) is 0 Å². The lowest BCUT2D eigenvalue weighted by atomic mass is 9.90. The molecule has 1 aliphatic rings. The fourth-order valence-corrected chi connectivity index (χ4v) is 4.48. The van der Waals surface area contributed by atoms with E-state index in [1.165, 1.54) is 31.3 Å². The average Bonchev–Trinajstić information content (AvgIpc) is 2.84. The number of benzene rings is 2. The molecule has 2 aromatic rings. The number of halogens is 6. The first-order valence-electron chi connectivity index (χ1n) is 11.5. The molecular formula is C25H26F6N2O5. The van der Waals surface area contributed by atoms with E-state index in [0.29, 0.717) is 29.8 Å². The fraction of sp³-hybridized carbons (Fsp3) is 0.440. The van der Waals surface area contributed by atoms with Gasteiger partial charge in [-0.2, -0.15) is 26.3 Å². The van der Waals surface area contributed by atoms with E-state index in [4.69, 9.17) is 14.2 Å². The number of nitrogens with zero attached hydrogens (tertiary/aromatic N) is 2. The van der Waals surface area contributed by atoms with Crippen LogP contribution in [-0.4, -0.2) is 44.3 Å². The van der Waals surface area contributed by atoms with Crippen molar-refractivity contribution < 1.29 is 50.1 Å². The molecule has 0 saturated heterocycles. The van der Waals surface area contributed by atoms with Crippen LogP contribution in [0.3, 0.4) is 0 Å². The van der Waals surface area contributed by atoms with Crippen molar-refractivity contribution in [2.24, 2.45) is 0 Å². The van der Waals surface area contributed by atoms with Crippen LogP contribution < -0.4 is 14.4 Å². The molecule has 7 nitrogen and oxygen atoms in total. The van der Waals surface area contributed by atoms with Gasteiger partial charge < -0.3 is 19.1 Å². The van der Waals surface area contributed by atoms with Gasteiger partial charge in [-0.25, -0.2) is 4.79 Å². The van der Waals surface area contributed by atoms with Crippen LogP contribution >= 0.6 is 0 Å². The van der Waals surface area contributed by atoms with Gasteiger partial charge in [0.25, 0.3) is 0 Å². The molecule has 0 saturated carbocycles. The largest absolute Gasteiger partial charge is 0.493 e. The van der Waals surface area contributed by atoms with Gasteiger partial charge in [0, 0.05) is 24.2 Å². The Bertz CT molecular complexity index is 1150. The highest BCUT2D eigenvalue weighted by Gasteiger charge is 2.40. The van der Waals surface area contributed by atoms with Gasteiger partial charge in [-0.1, -0.05) is 0 Å². The molecular weight excluding hydrogens is 522 g/mol. The number of hydrogen-bond acceptors (Lipinski definition) is 5. The smallest absolute Gasteiger partial charge is 0.416 e. The first-order valence-corrected chi connectivity index (χ1v) is 11.5. The molecule has 3 rings (SSSR count). The summed E-state index contributed by atoms with van der Waals surface area (Å²) in [6.45, 7) is 2.84.